The summed E-state index contributed by atoms with van der Waals surface area (Å²) in [6.45, 7) is 3.82. The van der Waals surface area contributed by atoms with Gasteiger partial charge in [-0.1, -0.05) is 24.3 Å². The van der Waals surface area contributed by atoms with E-state index in [1.807, 2.05) is 0 Å². The minimum absolute atomic E-state index is 0.291. The molecule has 0 spiro atoms. The summed E-state index contributed by atoms with van der Waals surface area (Å²) in [7, 11) is -3.39. The van der Waals surface area contributed by atoms with E-state index in [2.05, 4.69) is 11.3 Å². The van der Waals surface area contributed by atoms with Gasteiger partial charge in [-0.25, -0.2) is 8.42 Å². The van der Waals surface area contributed by atoms with E-state index in [4.69, 9.17) is 4.74 Å². The van der Waals surface area contributed by atoms with Crippen molar-refractivity contribution in [3.63, 3.8) is 0 Å². The fourth-order valence-electron chi connectivity index (χ4n) is 1.50. The molecule has 80 valence electrons. The van der Waals surface area contributed by atoms with Crippen molar-refractivity contribution in [2.75, 3.05) is 6.61 Å². The molecule has 1 aliphatic heterocycles. The van der Waals surface area contributed by atoms with Gasteiger partial charge in [0.05, 0.1) is 11.5 Å². The summed E-state index contributed by atoms with van der Waals surface area (Å²) in [5, 5.41) is 0. The Labute approximate surface area is 88.6 Å². The summed E-state index contributed by atoms with van der Waals surface area (Å²) >= 11 is 0. The van der Waals surface area contributed by atoms with Crippen molar-refractivity contribution in [1.82, 2.24) is 4.72 Å². The zero-order valence-electron chi connectivity index (χ0n) is 8.01. The summed E-state index contributed by atoms with van der Waals surface area (Å²) in [5.41, 5.74) is 0.652. The average Bonchev–Trinajstić information content (AvgIpc) is 2.49. The third kappa shape index (κ3) is 1.81. The zero-order chi connectivity index (χ0) is 10.9. The minimum Gasteiger partial charge on any atom is -0.354 e. The van der Waals surface area contributed by atoms with Crippen molar-refractivity contribution in [3.8, 4) is 0 Å². The maximum atomic E-state index is 11.6. The number of ether oxygens (including phenoxy) is 1. The highest BCUT2D eigenvalue weighted by molar-refractivity contribution is 7.89. The Kier molecular flexibility index (Phi) is 2.60. The molecule has 4 nitrogen and oxygen atoms in total. The van der Waals surface area contributed by atoms with Crippen LogP contribution in [0.1, 0.15) is 11.8 Å². The maximum absolute atomic E-state index is 11.6. The first-order chi connectivity index (χ1) is 7.15. The molecule has 0 bridgehead atoms. The molecule has 1 aromatic carbocycles. The topological polar surface area (TPSA) is 55.4 Å². The minimum atomic E-state index is -3.39. The first-order valence-corrected chi connectivity index (χ1v) is 5.97. The number of sulfonamides is 1. The second-order valence-corrected chi connectivity index (χ2v) is 4.84. The standard InChI is InChI=1S/C10H11NO3S/c1-2-7-14-10-8-5-3-4-6-9(8)15(12,13)11-10/h2-6,10-11H,1,7H2. The van der Waals surface area contributed by atoms with Crippen molar-refractivity contribution in [2.45, 2.75) is 11.1 Å². The molecule has 5 heteroatoms. The van der Waals surface area contributed by atoms with E-state index in [0.717, 1.165) is 0 Å². The number of hydrogen-bond donors (Lipinski definition) is 1. The number of nitrogens with one attached hydrogen (secondary N) is 1. The van der Waals surface area contributed by atoms with Crippen molar-refractivity contribution in [3.05, 3.63) is 42.5 Å². The lowest BCUT2D eigenvalue weighted by molar-refractivity contribution is 0.0685. The molecule has 2 rings (SSSR count). The monoisotopic (exact) mass is 225 g/mol. The molecule has 0 aromatic heterocycles. The molecule has 0 aliphatic carbocycles. The van der Waals surface area contributed by atoms with E-state index < -0.39 is 16.3 Å². The van der Waals surface area contributed by atoms with E-state index in [1.54, 1.807) is 30.3 Å². The van der Waals surface area contributed by atoms with Crippen LogP contribution in [-0.2, 0) is 14.8 Å². The van der Waals surface area contributed by atoms with Crippen molar-refractivity contribution in [2.24, 2.45) is 0 Å². The van der Waals surface area contributed by atoms with Gasteiger partial charge in [-0.15, -0.1) is 6.58 Å². The van der Waals surface area contributed by atoms with Gasteiger partial charge >= 0.3 is 0 Å². The Hall–Kier alpha value is -1.17. The van der Waals surface area contributed by atoms with Gasteiger partial charge < -0.3 is 4.74 Å². The number of fused-ring (bicyclic) bond motifs is 1. The maximum Gasteiger partial charge on any atom is 0.243 e. The van der Waals surface area contributed by atoms with E-state index in [-0.39, 0.29) is 0 Å². The largest absolute Gasteiger partial charge is 0.354 e. The molecule has 0 fully saturated rings. The van der Waals surface area contributed by atoms with Crippen LogP contribution in [0.2, 0.25) is 0 Å². The van der Waals surface area contributed by atoms with Crippen LogP contribution in [0.4, 0.5) is 0 Å². The summed E-state index contributed by atoms with van der Waals surface area (Å²) < 4.78 is 31.0. The second-order valence-electron chi connectivity index (χ2n) is 3.16. The van der Waals surface area contributed by atoms with Crippen LogP contribution < -0.4 is 4.72 Å². The lowest BCUT2D eigenvalue weighted by Gasteiger charge is -2.09. The molecule has 1 N–H and O–H groups in total. The normalized spacial score (nSPS) is 22.3. The molecule has 1 atom stereocenters. The van der Waals surface area contributed by atoms with Crippen molar-refractivity contribution in [1.29, 1.82) is 0 Å². The Morgan fingerprint density at radius 3 is 2.93 bits per heavy atom. The average molecular weight is 225 g/mol. The molecule has 0 saturated heterocycles. The van der Waals surface area contributed by atoms with Gasteiger partial charge in [-0.3, -0.25) is 0 Å². The molecule has 0 amide bonds. The first kappa shape index (κ1) is 10.4. The van der Waals surface area contributed by atoms with Crippen LogP contribution in [-0.4, -0.2) is 15.0 Å². The van der Waals surface area contributed by atoms with Gasteiger partial charge in [0.2, 0.25) is 10.0 Å². The highest BCUT2D eigenvalue weighted by Crippen LogP contribution is 2.30. The van der Waals surface area contributed by atoms with Gasteiger partial charge in [-0.05, 0) is 6.07 Å². The van der Waals surface area contributed by atoms with Gasteiger partial charge in [0, 0.05) is 5.56 Å². The first-order valence-electron chi connectivity index (χ1n) is 4.49. The van der Waals surface area contributed by atoms with Crippen LogP contribution >= 0.6 is 0 Å². The highest BCUT2D eigenvalue weighted by Gasteiger charge is 2.33. The third-order valence-electron chi connectivity index (χ3n) is 2.13. The number of rotatable bonds is 3. The molecule has 15 heavy (non-hydrogen) atoms. The van der Waals surface area contributed by atoms with Gasteiger partial charge in [0.1, 0.15) is 6.23 Å². The predicted octanol–water partition coefficient (Wildman–Crippen LogP) is 1.18. The van der Waals surface area contributed by atoms with Crippen molar-refractivity contribution < 1.29 is 13.2 Å². The molecular formula is C10H11NO3S. The molecule has 0 saturated carbocycles. The predicted molar refractivity (Wildman–Crippen MR) is 55.7 cm³/mol. The third-order valence-corrected chi connectivity index (χ3v) is 3.61. The SMILES string of the molecule is C=CCOC1NS(=O)(=O)c2ccccc21. The molecule has 0 radical (unpaired) electrons. The second kappa shape index (κ2) is 3.77. The Morgan fingerprint density at radius 1 is 1.47 bits per heavy atom. The summed E-state index contributed by atoms with van der Waals surface area (Å²) in [6.07, 6.45) is 0.985. The van der Waals surface area contributed by atoms with E-state index in [0.29, 0.717) is 17.1 Å². The van der Waals surface area contributed by atoms with Crippen LogP contribution in [0.5, 0.6) is 0 Å². The quantitative estimate of drug-likeness (QED) is 0.786. The highest BCUT2D eigenvalue weighted by atomic mass is 32.2. The van der Waals surface area contributed by atoms with Gasteiger partial charge in [-0.2, -0.15) is 4.72 Å². The zero-order valence-corrected chi connectivity index (χ0v) is 8.83. The Morgan fingerprint density at radius 2 is 2.20 bits per heavy atom. The van der Waals surface area contributed by atoms with Crippen LogP contribution in [0.25, 0.3) is 0 Å². The summed E-state index contributed by atoms with van der Waals surface area (Å²) in [4.78, 5) is 0.291. The molecular weight excluding hydrogens is 214 g/mol. The fraction of sp³-hybridized carbons (Fsp3) is 0.200. The summed E-state index contributed by atoms with van der Waals surface area (Å²) in [6, 6.07) is 6.77. The molecule has 1 heterocycles. The van der Waals surface area contributed by atoms with Gasteiger partial charge in [0.25, 0.3) is 0 Å². The van der Waals surface area contributed by atoms with E-state index >= 15 is 0 Å². The molecule has 1 unspecified atom stereocenters. The molecule has 1 aromatic rings. The van der Waals surface area contributed by atoms with Crippen LogP contribution in [0.3, 0.4) is 0 Å². The smallest absolute Gasteiger partial charge is 0.243 e. The number of hydrogen-bond acceptors (Lipinski definition) is 3. The van der Waals surface area contributed by atoms with Gasteiger partial charge in [0.15, 0.2) is 0 Å². The summed E-state index contributed by atoms with van der Waals surface area (Å²) in [5.74, 6) is 0. The van der Waals surface area contributed by atoms with E-state index in [1.165, 1.54) is 0 Å². The lowest BCUT2D eigenvalue weighted by Crippen LogP contribution is -2.21. The van der Waals surface area contributed by atoms with Crippen LogP contribution in [0, 0.1) is 0 Å². The molecule has 1 aliphatic rings. The Bertz CT molecular complexity index is 481. The Balaban J connectivity index is 2.38. The lowest BCUT2D eigenvalue weighted by atomic mass is 10.2. The van der Waals surface area contributed by atoms with Crippen molar-refractivity contribution >= 4 is 10.0 Å². The fourth-order valence-corrected chi connectivity index (χ4v) is 2.84. The number of benzene rings is 1. The van der Waals surface area contributed by atoms with E-state index in [9.17, 15) is 8.42 Å². The van der Waals surface area contributed by atoms with Crippen LogP contribution in [0.15, 0.2) is 41.8 Å².